The average molecular weight is 225 g/mol. The molecule has 3 nitrogen and oxygen atoms in total. The standard InChI is InChI=1S/C11H13ClN2O/c1-14-7-6-13-11(15)10(14)8-4-2-3-5-9(8)12/h2-5,10H,6-7H2,1H3,(H,13,15)/t10-/m0/s1. The number of hydrogen-bond donors (Lipinski definition) is 1. The van der Waals surface area contributed by atoms with E-state index in [4.69, 9.17) is 11.6 Å². The third-order valence-electron chi connectivity index (χ3n) is 2.65. The molecule has 1 amide bonds. The molecule has 0 aliphatic carbocycles. The maximum absolute atomic E-state index is 11.7. The van der Waals surface area contributed by atoms with Gasteiger partial charge in [0.05, 0.1) is 0 Å². The van der Waals surface area contributed by atoms with Crippen LogP contribution in [0.15, 0.2) is 24.3 Å². The molecule has 1 saturated heterocycles. The number of amides is 1. The van der Waals surface area contributed by atoms with Gasteiger partial charge >= 0.3 is 0 Å². The summed E-state index contributed by atoms with van der Waals surface area (Å²) in [6.07, 6.45) is 0. The Kier molecular flexibility index (Phi) is 2.93. The van der Waals surface area contributed by atoms with Crippen molar-refractivity contribution in [2.75, 3.05) is 20.1 Å². The smallest absolute Gasteiger partial charge is 0.242 e. The van der Waals surface area contributed by atoms with Gasteiger partial charge in [0.1, 0.15) is 6.04 Å². The molecule has 1 aromatic rings. The Morgan fingerprint density at radius 2 is 2.20 bits per heavy atom. The van der Waals surface area contributed by atoms with Gasteiger partial charge < -0.3 is 5.32 Å². The molecule has 2 rings (SSSR count). The summed E-state index contributed by atoms with van der Waals surface area (Å²) >= 11 is 6.08. The molecule has 0 spiro atoms. The summed E-state index contributed by atoms with van der Waals surface area (Å²) in [6.45, 7) is 1.55. The van der Waals surface area contributed by atoms with Gasteiger partial charge in [-0.3, -0.25) is 9.69 Å². The minimum absolute atomic E-state index is 0.0249. The molecular weight excluding hydrogens is 212 g/mol. The molecule has 0 aromatic heterocycles. The summed E-state index contributed by atoms with van der Waals surface area (Å²) in [5.74, 6) is 0.0249. The van der Waals surface area contributed by atoms with Gasteiger partial charge in [0.2, 0.25) is 5.91 Å². The number of halogens is 1. The van der Waals surface area contributed by atoms with E-state index in [1.807, 2.05) is 36.2 Å². The first kappa shape index (κ1) is 10.5. The molecule has 0 saturated carbocycles. The van der Waals surface area contributed by atoms with E-state index in [0.29, 0.717) is 11.6 Å². The van der Waals surface area contributed by atoms with Crippen molar-refractivity contribution in [2.24, 2.45) is 0 Å². The van der Waals surface area contributed by atoms with Crippen LogP contribution in [0.3, 0.4) is 0 Å². The molecule has 0 bridgehead atoms. The zero-order valence-electron chi connectivity index (χ0n) is 8.53. The van der Waals surface area contributed by atoms with Crippen LogP contribution in [0, 0.1) is 0 Å². The summed E-state index contributed by atoms with van der Waals surface area (Å²) < 4.78 is 0. The number of benzene rings is 1. The van der Waals surface area contributed by atoms with Gasteiger partial charge in [-0.05, 0) is 18.7 Å². The zero-order chi connectivity index (χ0) is 10.8. The number of carbonyl (C=O) groups excluding carboxylic acids is 1. The van der Waals surface area contributed by atoms with E-state index in [2.05, 4.69) is 5.32 Å². The monoisotopic (exact) mass is 224 g/mol. The van der Waals surface area contributed by atoms with E-state index < -0.39 is 0 Å². The van der Waals surface area contributed by atoms with Crippen molar-refractivity contribution in [1.29, 1.82) is 0 Å². The number of piperazine rings is 1. The molecular formula is C11H13ClN2O. The van der Waals surface area contributed by atoms with Crippen molar-refractivity contribution >= 4 is 17.5 Å². The maximum Gasteiger partial charge on any atom is 0.242 e. The molecule has 1 aromatic carbocycles. The Morgan fingerprint density at radius 1 is 1.47 bits per heavy atom. The Hall–Kier alpha value is -1.06. The van der Waals surface area contributed by atoms with Crippen LogP contribution < -0.4 is 5.32 Å². The van der Waals surface area contributed by atoms with E-state index in [1.54, 1.807) is 0 Å². The number of nitrogens with zero attached hydrogens (tertiary/aromatic N) is 1. The fraction of sp³-hybridized carbons (Fsp3) is 0.364. The van der Waals surface area contributed by atoms with E-state index >= 15 is 0 Å². The Labute approximate surface area is 94.0 Å². The molecule has 15 heavy (non-hydrogen) atoms. The van der Waals surface area contributed by atoms with E-state index in [9.17, 15) is 4.79 Å². The third kappa shape index (κ3) is 1.98. The number of rotatable bonds is 1. The van der Waals surface area contributed by atoms with Crippen molar-refractivity contribution in [2.45, 2.75) is 6.04 Å². The van der Waals surface area contributed by atoms with Gasteiger partial charge in [0.25, 0.3) is 0 Å². The SMILES string of the molecule is CN1CCNC(=O)[C@@H]1c1ccccc1Cl. The van der Waals surface area contributed by atoms with Crippen molar-refractivity contribution < 1.29 is 4.79 Å². The second-order valence-electron chi connectivity index (χ2n) is 3.70. The fourth-order valence-electron chi connectivity index (χ4n) is 1.86. The molecule has 1 aliphatic heterocycles. The van der Waals surface area contributed by atoms with Crippen LogP contribution >= 0.6 is 11.6 Å². The van der Waals surface area contributed by atoms with E-state index in [0.717, 1.165) is 12.1 Å². The Balaban J connectivity index is 2.36. The summed E-state index contributed by atoms with van der Waals surface area (Å²) in [5.41, 5.74) is 0.874. The minimum Gasteiger partial charge on any atom is -0.353 e. The lowest BCUT2D eigenvalue weighted by molar-refractivity contribution is -0.128. The maximum atomic E-state index is 11.7. The van der Waals surface area contributed by atoms with Crippen LogP contribution in [0.4, 0.5) is 0 Å². The van der Waals surface area contributed by atoms with Gasteiger partial charge in [0, 0.05) is 18.1 Å². The average Bonchev–Trinajstić information content (AvgIpc) is 2.20. The van der Waals surface area contributed by atoms with Gasteiger partial charge in [-0.25, -0.2) is 0 Å². The quantitative estimate of drug-likeness (QED) is 0.783. The van der Waals surface area contributed by atoms with Crippen LogP contribution in [0.2, 0.25) is 5.02 Å². The number of likely N-dealkylation sites (N-methyl/N-ethyl adjacent to an activating group) is 1. The molecule has 0 unspecified atom stereocenters. The highest BCUT2D eigenvalue weighted by Crippen LogP contribution is 2.27. The summed E-state index contributed by atoms with van der Waals surface area (Å²) in [5, 5.41) is 3.49. The van der Waals surface area contributed by atoms with Crippen LogP contribution in [0.1, 0.15) is 11.6 Å². The predicted molar refractivity (Wildman–Crippen MR) is 59.8 cm³/mol. The second-order valence-corrected chi connectivity index (χ2v) is 4.10. The Bertz CT molecular complexity index is 381. The van der Waals surface area contributed by atoms with Gasteiger partial charge in [-0.1, -0.05) is 29.8 Å². The minimum atomic E-state index is -0.257. The van der Waals surface area contributed by atoms with Gasteiger partial charge in [-0.2, -0.15) is 0 Å². The largest absolute Gasteiger partial charge is 0.353 e. The highest BCUT2D eigenvalue weighted by Gasteiger charge is 2.29. The lowest BCUT2D eigenvalue weighted by Crippen LogP contribution is -2.48. The lowest BCUT2D eigenvalue weighted by Gasteiger charge is -2.32. The molecule has 1 aliphatic rings. The first-order valence-corrected chi connectivity index (χ1v) is 5.30. The third-order valence-corrected chi connectivity index (χ3v) is 3.00. The highest BCUT2D eigenvalue weighted by atomic mass is 35.5. The van der Waals surface area contributed by atoms with Crippen LogP contribution in [-0.4, -0.2) is 30.9 Å². The molecule has 1 N–H and O–H groups in total. The van der Waals surface area contributed by atoms with Crippen LogP contribution in [0.5, 0.6) is 0 Å². The molecule has 4 heteroatoms. The number of hydrogen-bond acceptors (Lipinski definition) is 2. The lowest BCUT2D eigenvalue weighted by atomic mass is 10.0. The van der Waals surface area contributed by atoms with Crippen LogP contribution in [0.25, 0.3) is 0 Å². The first-order valence-electron chi connectivity index (χ1n) is 4.92. The molecule has 1 heterocycles. The van der Waals surface area contributed by atoms with Gasteiger partial charge in [-0.15, -0.1) is 0 Å². The predicted octanol–water partition coefficient (Wildman–Crippen LogP) is 1.44. The number of carbonyl (C=O) groups is 1. The normalized spacial score (nSPS) is 22.5. The zero-order valence-corrected chi connectivity index (χ0v) is 9.29. The molecule has 1 fully saturated rings. The molecule has 1 atom stereocenters. The summed E-state index contributed by atoms with van der Waals surface area (Å²) in [4.78, 5) is 13.8. The van der Waals surface area contributed by atoms with Crippen LogP contribution in [-0.2, 0) is 4.79 Å². The van der Waals surface area contributed by atoms with Crippen molar-refractivity contribution in [3.05, 3.63) is 34.9 Å². The molecule has 0 radical (unpaired) electrons. The first-order chi connectivity index (χ1) is 7.20. The van der Waals surface area contributed by atoms with Crippen molar-refractivity contribution in [1.82, 2.24) is 10.2 Å². The fourth-order valence-corrected chi connectivity index (χ4v) is 2.10. The topological polar surface area (TPSA) is 32.3 Å². The van der Waals surface area contributed by atoms with Crippen molar-refractivity contribution in [3.63, 3.8) is 0 Å². The molecule has 80 valence electrons. The van der Waals surface area contributed by atoms with E-state index in [-0.39, 0.29) is 11.9 Å². The van der Waals surface area contributed by atoms with Gasteiger partial charge in [0.15, 0.2) is 0 Å². The Morgan fingerprint density at radius 3 is 2.87 bits per heavy atom. The highest BCUT2D eigenvalue weighted by molar-refractivity contribution is 6.31. The summed E-state index contributed by atoms with van der Waals surface area (Å²) in [6, 6.07) is 7.22. The summed E-state index contributed by atoms with van der Waals surface area (Å²) in [7, 11) is 1.94. The van der Waals surface area contributed by atoms with E-state index in [1.165, 1.54) is 0 Å². The second kappa shape index (κ2) is 4.21. The number of nitrogens with one attached hydrogen (secondary N) is 1. The van der Waals surface area contributed by atoms with Crippen molar-refractivity contribution in [3.8, 4) is 0 Å².